The number of benzene rings is 1. The van der Waals surface area contributed by atoms with Crippen LogP contribution in [-0.2, 0) is 6.54 Å². The van der Waals surface area contributed by atoms with Gasteiger partial charge in [-0.1, -0.05) is 6.07 Å². The van der Waals surface area contributed by atoms with Gasteiger partial charge in [-0.3, -0.25) is 0 Å². The molecule has 2 aliphatic rings. The molecule has 0 aromatic heterocycles. The van der Waals surface area contributed by atoms with E-state index >= 15 is 0 Å². The fraction of sp³-hybridized carbons (Fsp3) is 0.600. The highest BCUT2D eigenvalue weighted by Crippen LogP contribution is 2.27. The van der Waals surface area contributed by atoms with E-state index < -0.39 is 0 Å². The van der Waals surface area contributed by atoms with Gasteiger partial charge in [0, 0.05) is 18.6 Å². The first kappa shape index (κ1) is 13.5. The van der Waals surface area contributed by atoms with E-state index in [0.717, 1.165) is 18.2 Å². The monoisotopic (exact) mass is 326 g/mol. The molecule has 2 atom stereocenters. The lowest BCUT2D eigenvalue weighted by molar-refractivity contribution is 0.166. The molecule has 2 unspecified atom stereocenters. The van der Waals surface area contributed by atoms with Crippen LogP contribution in [-0.4, -0.2) is 30.1 Å². The number of hydrogen-bond donors (Lipinski definition) is 1. The van der Waals surface area contributed by atoms with Crippen LogP contribution < -0.4 is 5.32 Å². The lowest BCUT2D eigenvalue weighted by atomic mass is 9.97. The van der Waals surface area contributed by atoms with Crippen molar-refractivity contribution in [2.45, 2.75) is 44.3 Å². The third-order valence-electron chi connectivity index (χ3n) is 4.40. The zero-order chi connectivity index (χ0) is 13.2. The summed E-state index contributed by atoms with van der Waals surface area (Å²) >= 11 is 3.19. The minimum Gasteiger partial charge on any atom is -0.310 e. The second-order valence-corrected chi connectivity index (χ2v) is 6.54. The lowest BCUT2D eigenvalue weighted by Crippen LogP contribution is -2.45. The van der Waals surface area contributed by atoms with Crippen LogP contribution in [0.3, 0.4) is 0 Å². The summed E-state index contributed by atoms with van der Waals surface area (Å²) in [5, 5.41) is 3.59. The van der Waals surface area contributed by atoms with Crippen LogP contribution in [0, 0.1) is 5.82 Å². The molecule has 104 valence electrons. The molecule has 2 fully saturated rings. The smallest absolute Gasteiger partial charge is 0.137 e. The quantitative estimate of drug-likeness (QED) is 0.916. The van der Waals surface area contributed by atoms with Gasteiger partial charge in [0.25, 0.3) is 0 Å². The van der Waals surface area contributed by atoms with E-state index in [1.54, 1.807) is 12.1 Å². The van der Waals surface area contributed by atoms with Gasteiger partial charge in [0.15, 0.2) is 0 Å². The molecule has 1 aromatic carbocycles. The third kappa shape index (κ3) is 3.18. The molecule has 4 heteroatoms. The Morgan fingerprint density at radius 2 is 2.21 bits per heavy atom. The van der Waals surface area contributed by atoms with E-state index in [-0.39, 0.29) is 5.82 Å². The molecular formula is C15H20BrFN2. The number of fused-ring (bicyclic) bond motifs is 1. The summed E-state index contributed by atoms with van der Waals surface area (Å²) in [6.07, 6.45) is 5.18. The van der Waals surface area contributed by atoms with E-state index in [9.17, 15) is 4.39 Å². The number of rotatable bonds is 3. The fourth-order valence-corrected chi connectivity index (χ4v) is 3.57. The highest BCUT2D eigenvalue weighted by molar-refractivity contribution is 9.10. The van der Waals surface area contributed by atoms with Crippen LogP contribution in [0.5, 0.6) is 0 Å². The van der Waals surface area contributed by atoms with Crippen LogP contribution in [0.15, 0.2) is 22.7 Å². The summed E-state index contributed by atoms with van der Waals surface area (Å²) in [5.74, 6) is -0.176. The van der Waals surface area contributed by atoms with Crippen LogP contribution in [0.1, 0.15) is 31.2 Å². The molecule has 0 spiro atoms. The molecule has 0 radical (unpaired) electrons. The van der Waals surface area contributed by atoms with E-state index in [2.05, 4.69) is 26.1 Å². The number of nitrogens with one attached hydrogen (secondary N) is 1. The summed E-state index contributed by atoms with van der Waals surface area (Å²) in [6, 6.07) is 6.75. The Balaban J connectivity index is 1.53. The summed E-state index contributed by atoms with van der Waals surface area (Å²) in [4.78, 5) is 2.62. The predicted octanol–water partition coefficient (Wildman–Crippen LogP) is 3.30. The van der Waals surface area contributed by atoms with E-state index in [0.29, 0.717) is 10.5 Å². The molecule has 0 bridgehead atoms. The predicted molar refractivity (Wildman–Crippen MR) is 78.6 cm³/mol. The lowest BCUT2D eigenvalue weighted by Gasteiger charge is -2.35. The number of hydrogen-bond acceptors (Lipinski definition) is 2. The topological polar surface area (TPSA) is 15.3 Å². The Kier molecular flexibility index (Phi) is 4.20. The SMILES string of the molecule is Fc1cc(CNC2CCN3CCCC3C2)ccc1Br. The van der Waals surface area contributed by atoms with Crippen molar-refractivity contribution in [2.24, 2.45) is 0 Å². The molecule has 3 rings (SSSR count). The normalized spacial score (nSPS) is 27.5. The Morgan fingerprint density at radius 3 is 3.05 bits per heavy atom. The zero-order valence-corrected chi connectivity index (χ0v) is 12.6. The summed E-state index contributed by atoms with van der Waals surface area (Å²) in [7, 11) is 0. The van der Waals surface area contributed by atoms with Crippen molar-refractivity contribution in [3.05, 3.63) is 34.1 Å². The molecule has 19 heavy (non-hydrogen) atoms. The maximum atomic E-state index is 13.4. The van der Waals surface area contributed by atoms with Gasteiger partial charge in [-0.25, -0.2) is 4.39 Å². The highest BCUT2D eigenvalue weighted by Gasteiger charge is 2.31. The first-order valence-corrected chi connectivity index (χ1v) is 7.93. The van der Waals surface area contributed by atoms with Crippen LogP contribution in [0.25, 0.3) is 0 Å². The van der Waals surface area contributed by atoms with Crippen molar-refractivity contribution in [1.82, 2.24) is 10.2 Å². The molecule has 0 aliphatic carbocycles. The van der Waals surface area contributed by atoms with Gasteiger partial charge in [-0.2, -0.15) is 0 Å². The highest BCUT2D eigenvalue weighted by atomic mass is 79.9. The van der Waals surface area contributed by atoms with Gasteiger partial charge in [0.05, 0.1) is 4.47 Å². The van der Waals surface area contributed by atoms with Gasteiger partial charge in [-0.15, -0.1) is 0 Å². The summed E-state index contributed by atoms with van der Waals surface area (Å²) in [6.45, 7) is 3.27. The van der Waals surface area contributed by atoms with Crippen molar-refractivity contribution in [1.29, 1.82) is 0 Å². The van der Waals surface area contributed by atoms with Crippen molar-refractivity contribution >= 4 is 15.9 Å². The average Bonchev–Trinajstić information content (AvgIpc) is 2.87. The average molecular weight is 327 g/mol. The largest absolute Gasteiger partial charge is 0.310 e. The Bertz CT molecular complexity index is 452. The molecule has 2 aliphatic heterocycles. The Labute approximate surface area is 122 Å². The maximum Gasteiger partial charge on any atom is 0.137 e. The standard InChI is InChI=1S/C15H20BrFN2/c16-14-4-3-11(8-15(14)17)10-18-12-5-7-19-6-1-2-13(19)9-12/h3-4,8,12-13,18H,1-2,5-7,9-10H2. The van der Waals surface area contributed by atoms with Gasteiger partial charge in [0.1, 0.15) is 5.82 Å². The molecule has 0 amide bonds. The van der Waals surface area contributed by atoms with Gasteiger partial charge < -0.3 is 10.2 Å². The van der Waals surface area contributed by atoms with Gasteiger partial charge in [0.2, 0.25) is 0 Å². The second-order valence-electron chi connectivity index (χ2n) is 5.68. The number of piperidine rings is 1. The van der Waals surface area contributed by atoms with Crippen molar-refractivity contribution in [3.63, 3.8) is 0 Å². The number of nitrogens with zero attached hydrogens (tertiary/aromatic N) is 1. The fourth-order valence-electron chi connectivity index (χ4n) is 3.32. The van der Waals surface area contributed by atoms with E-state index in [4.69, 9.17) is 0 Å². The van der Waals surface area contributed by atoms with Crippen LogP contribution in [0.4, 0.5) is 4.39 Å². The Hall–Kier alpha value is -0.450. The van der Waals surface area contributed by atoms with Crippen LogP contribution in [0.2, 0.25) is 0 Å². The molecule has 1 N–H and O–H groups in total. The molecule has 2 nitrogen and oxygen atoms in total. The maximum absolute atomic E-state index is 13.4. The summed E-state index contributed by atoms with van der Waals surface area (Å²) in [5.41, 5.74) is 1.02. The number of halogens is 2. The molecule has 2 saturated heterocycles. The zero-order valence-electron chi connectivity index (χ0n) is 11.0. The second kappa shape index (κ2) is 5.90. The van der Waals surface area contributed by atoms with Crippen molar-refractivity contribution < 1.29 is 4.39 Å². The van der Waals surface area contributed by atoms with Gasteiger partial charge in [-0.05, 0) is 72.4 Å². The van der Waals surface area contributed by atoms with Crippen molar-refractivity contribution in [3.8, 4) is 0 Å². The van der Waals surface area contributed by atoms with Crippen LogP contribution >= 0.6 is 15.9 Å². The van der Waals surface area contributed by atoms with E-state index in [1.807, 2.05) is 6.07 Å². The third-order valence-corrected chi connectivity index (χ3v) is 5.04. The molecule has 1 aromatic rings. The molecule has 2 heterocycles. The van der Waals surface area contributed by atoms with Crippen molar-refractivity contribution in [2.75, 3.05) is 13.1 Å². The minimum absolute atomic E-state index is 0.176. The first-order chi connectivity index (χ1) is 9.22. The minimum atomic E-state index is -0.176. The van der Waals surface area contributed by atoms with Gasteiger partial charge >= 0.3 is 0 Å². The first-order valence-electron chi connectivity index (χ1n) is 7.14. The van der Waals surface area contributed by atoms with E-state index in [1.165, 1.54) is 38.8 Å². The molecule has 0 saturated carbocycles. The summed E-state index contributed by atoms with van der Waals surface area (Å²) < 4.78 is 14.0. The molecular weight excluding hydrogens is 307 g/mol. The Morgan fingerprint density at radius 1 is 1.32 bits per heavy atom.